The van der Waals surface area contributed by atoms with Crippen molar-refractivity contribution >= 4 is 6.09 Å². The van der Waals surface area contributed by atoms with Crippen LogP contribution in [0.15, 0.2) is 24.3 Å². The van der Waals surface area contributed by atoms with Crippen molar-refractivity contribution in [3.63, 3.8) is 0 Å². The Morgan fingerprint density at radius 1 is 1.23 bits per heavy atom. The van der Waals surface area contributed by atoms with Crippen LogP contribution in [0.4, 0.5) is 4.79 Å². The zero-order chi connectivity index (χ0) is 16.2. The Morgan fingerprint density at radius 2 is 1.82 bits per heavy atom. The van der Waals surface area contributed by atoms with Crippen LogP contribution in [0.1, 0.15) is 63.6 Å². The fourth-order valence-electron chi connectivity index (χ4n) is 2.78. The van der Waals surface area contributed by atoms with Gasteiger partial charge in [-0.3, -0.25) is 0 Å². The number of benzene rings is 1. The molecule has 1 aromatic carbocycles. The number of carbonyl (C=O) groups excluding carboxylic acids is 1. The van der Waals surface area contributed by atoms with Gasteiger partial charge in [-0.05, 0) is 70.7 Å². The first kappa shape index (κ1) is 16.8. The lowest BCUT2D eigenvalue weighted by molar-refractivity contribution is 0.0508. The van der Waals surface area contributed by atoms with Crippen molar-refractivity contribution in [2.45, 2.75) is 58.1 Å². The van der Waals surface area contributed by atoms with Crippen molar-refractivity contribution in [1.29, 1.82) is 0 Å². The van der Waals surface area contributed by atoms with E-state index in [-0.39, 0.29) is 12.1 Å². The zero-order valence-corrected chi connectivity index (χ0v) is 14.1. The number of carbonyl (C=O) groups is 1. The smallest absolute Gasteiger partial charge is 0.408 e. The minimum atomic E-state index is -0.470. The van der Waals surface area contributed by atoms with Gasteiger partial charge in [-0.2, -0.15) is 0 Å². The number of amides is 1. The predicted octanol–water partition coefficient (Wildman–Crippen LogP) is 3.74. The van der Waals surface area contributed by atoms with Gasteiger partial charge in [0.15, 0.2) is 0 Å². The molecule has 0 radical (unpaired) electrons. The van der Waals surface area contributed by atoms with Gasteiger partial charge in [0, 0.05) is 0 Å². The van der Waals surface area contributed by atoms with Gasteiger partial charge in [0.2, 0.25) is 0 Å². The molecule has 1 fully saturated rings. The van der Waals surface area contributed by atoms with E-state index in [1.54, 1.807) is 0 Å². The van der Waals surface area contributed by atoms with Crippen LogP contribution < -0.4 is 10.6 Å². The average Bonchev–Trinajstić information content (AvgIpc) is 2.46. The van der Waals surface area contributed by atoms with Crippen molar-refractivity contribution in [3.8, 4) is 0 Å². The van der Waals surface area contributed by atoms with Gasteiger partial charge < -0.3 is 15.4 Å². The second kappa shape index (κ2) is 7.14. The second-order valence-corrected chi connectivity index (χ2v) is 7.06. The van der Waals surface area contributed by atoms with Crippen molar-refractivity contribution in [2.24, 2.45) is 0 Å². The van der Waals surface area contributed by atoms with Crippen LogP contribution in [-0.4, -0.2) is 24.8 Å². The third-order valence-corrected chi connectivity index (χ3v) is 3.98. The highest BCUT2D eigenvalue weighted by molar-refractivity contribution is 5.68. The summed E-state index contributed by atoms with van der Waals surface area (Å²) in [5.41, 5.74) is 2.03. The summed E-state index contributed by atoms with van der Waals surface area (Å²) in [4.78, 5) is 11.8. The van der Waals surface area contributed by atoms with E-state index < -0.39 is 5.60 Å². The maximum absolute atomic E-state index is 11.8. The van der Waals surface area contributed by atoms with E-state index in [0.29, 0.717) is 5.92 Å². The van der Waals surface area contributed by atoms with Gasteiger partial charge >= 0.3 is 6.09 Å². The molecule has 1 heterocycles. The quantitative estimate of drug-likeness (QED) is 0.894. The summed E-state index contributed by atoms with van der Waals surface area (Å²) in [5, 5.41) is 6.27. The highest BCUT2D eigenvalue weighted by Gasteiger charge is 2.19. The maximum Gasteiger partial charge on any atom is 0.408 e. The molecule has 4 nitrogen and oxygen atoms in total. The number of nitrogens with one attached hydrogen (secondary N) is 2. The number of hydrogen-bond acceptors (Lipinski definition) is 3. The molecule has 2 N–H and O–H groups in total. The Balaban J connectivity index is 1.93. The molecule has 1 amide bonds. The van der Waals surface area contributed by atoms with E-state index in [4.69, 9.17) is 4.74 Å². The van der Waals surface area contributed by atoms with Crippen LogP contribution in [0.3, 0.4) is 0 Å². The molecular formula is C18H28N2O2. The summed E-state index contributed by atoms with van der Waals surface area (Å²) >= 11 is 0. The molecule has 0 saturated carbocycles. The normalized spacial score (nSPS) is 17.8. The summed E-state index contributed by atoms with van der Waals surface area (Å²) < 4.78 is 5.29. The molecule has 0 aromatic heterocycles. The average molecular weight is 304 g/mol. The molecule has 0 unspecified atom stereocenters. The number of ether oxygens (including phenoxy) is 1. The van der Waals surface area contributed by atoms with E-state index in [2.05, 4.69) is 34.9 Å². The van der Waals surface area contributed by atoms with E-state index in [1.165, 1.54) is 18.4 Å². The lowest BCUT2D eigenvalue weighted by Gasteiger charge is -2.24. The van der Waals surface area contributed by atoms with Crippen LogP contribution in [0, 0.1) is 0 Å². The van der Waals surface area contributed by atoms with Crippen LogP contribution in [0.2, 0.25) is 0 Å². The number of piperidine rings is 1. The van der Waals surface area contributed by atoms with Crippen molar-refractivity contribution < 1.29 is 9.53 Å². The molecule has 4 heteroatoms. The van der Waals surface area contributed by atoms with Gasteiger partial charge in [0.05, 0.1) is 6.04 Å². The molecule has 22 heavy (non-hydrogen) atoms. The summed E-state index contributed by atoms with van der Waals surface area (Å²) in [5.74, 6) is 0.657. The Labute approximate surface area is 133 Å². The minimum Gasteiger partial charge on any atom is -0.444 e. The third-order valence-electron chi connectivity index (χ3n) is 3.98. The van der Waals surface area contributed by atoms with E-state index in [1.807, 2.05) is 27.7 Å². The lowest BCUT2D eigenvalue weighted by Crippen LogP contribution is -2.34. The SMILES string of the molecule is C[C@H](NC(=O)OC(C)(C)C)c1ccc(C2CCNCC2)cc1. The molecule has 1 aliphatic rings. The van der Waals surface area contributed by atoms with Gasteiger partial charge in [-0.1, -0.05) is 24.3 Å². The van der Waals surface area contributed by atoms with E-state index in [9.17, 15) is 4.79 Å². The van der Waals surface area contributed by atoms with Crippen molar-refractivity contribution in [2.75, 3.05) is 13.1 Å². The topological polar surface area (TPSA) is 50.4 Å². The lowest BCUT2D eigenvalue weighted by atomic mass is 9.89. The highest BCUT2D eigenvalue weighted by Crippen LogP contribution is 2.26. The van der Waals surface area contributed by atoms with Crippen LogP contribution in [-0.2, 0) is 4.74 Å². The first-order chi connectivity index (χ1) is 10.3. The summed E-state index contributed by atoms with van der Waals surface area (Å²) in [6.07, 6.45) is 2.03. The van der Waals surface area contributed by atoms with Gasteiger partial charge in [0.1, 0.15) is 5.60 Å². The fourth-order valence-corrected chi connectivity index (χ4v) is 2.78. The molecule has 1 aromatic rings. The summed E-state index contributed by atoms with van der Waals surface area (Å²) in [6, 6.07) is 8.55. The molecule has 1 atom stereocenters. The summed E-state index contributed by atoms with van der Waals surface area (Å²) in [7, 11) is 0. The van der Waals surface area contributed by atoms with Crippen molar-refractivity contribution in [1.82, 2.24) is 10.6 Å². The zero-order valence-electron chi connectivity index (χ0n) is 14.1. The van der Waals surface area contributed by atoms with Crippen LogP contribution in [0.25, 0.3) is 0 Å². The molecule has 1 aliphatic heterocycles. The predicted molar refractivity (Wildman–Crippen MR) is 89.1 cm³/mol. The molecule has 0 bridgehead atoms. The standard InChI is InChI=1S/C18H28N2O2/c1-13(20-17(21)22-18(2,3)4)14-5-7-15(8-6-14)16-9-11-19-12-10-16/h5-8,13,16,19H,9-12H2,1-4H3,(H,20,21)/t13-/m0/s1. The minimum absolute atomic E-state index is 0.0584. The molecule has 2 rings (SSSR count). The van der Waals surface area contributed by atoms with Crippen LogP contribution in [0.5, 0.6) is 0 Å². The fraction of sp³-hybridized carbons (Fsp3) is 0.611. The molecule has 0 spiro atoms. The number of rotatable bonds is 3. The number of hydrogen-bond donors (Lipinski definition) is 2. The Bertz CT molecular complexity index is 485. The Kier molecular flexibility index (Phi) is 5.46. The van der Waals surface area contributed by atoms with E-state index in [0.717, 1.165) is 18.7 Å². The molecule has 1 saturated heterocycles. The monoisotopic (exact) mass is 304 g/mol. The third kappa shape index (κ3) is 5.02. The summed E-state index contributed by atoms with van der Waals surface area (Å²) in [6.45, 7) is 9.77. The molecule has 0 aliphatic carbocycles. The molecular weight excluding hydrogens is 276 g/mol. The first-order valence-electron chi connectivity index (χ1n) is 8.15. The first-order valence-corrected chi connectivity index (χ1v) is 8.15. The van der Waals surface area contributed by atoms with E-state index >= 15 is 0 Å². The van der Waals surface area contributed by atoms with Crippen LogP contribution >= 0.6 is 0 Å². The van der Waals surface area contributed by atoms with Gasteiger partial charge in [-0.15, -0.1) is 0 Å². The number of alkyl carbamates (subject to hydrolysis) is 1. The highest BCUT2D eigenvalue weighted by atomic mass is 16.6. The largest absolute Gasteiger partial charge is 0.444 e. The second-order valence-electron chi connectivity index (χ2n) is 7.06. The molecule has 122 valence electrons. The van der Waals surface area contributed by atoms with Gasteiger partial charge in [-0.25, -0.2) is 4.79 Å². The Hall–Kier alpha value is -1.55. The van der Waals surface area contributed by atoms with Gasteiger partial charge in [0.25, 0.3) is 0 Å². The van der Waals surface area contributed by atoms with Crippen molar-refractivity contribution in [3.05, 3.63) is 35.4 Å². The Morgan fingerprint density at radius 3 is 2.36 bits per heavy atom. The maximum atomic E-state index is 11.8.